The monoisotopic (exact) mass is 492 g/mol. The molecule has 2 N–H and O–H groups in total. The summed E-state index contributed by atoms with van der Waals surface area (Å²) >= 11 is 3.18. The number of anilines is 1. The molecule has 2 aromatic carbocycles. The molecular formula is C21H21BrN2O5S. The molecule has 0 radical (unpaired) electrons. The van der Waals surface area contributed by atoms with Crippen LogP contribution < -0.4 is 10.0 Å². The minimum Gasteiger partial charge on any atom is -0.454 e. The maximum Gasteiger partial charge on any atom is 0.339 e. The van der Waals surface area contributed by atoms with Crippen LogP contribution in [0.15, 0.2) is 63.6 Å². The molecule has 0 fully saturated rings. The van der Waals surface area contributed by atoms with E-state index in [0.29, 0.717) is 4.47 Å². The van der Waals surface area contributed by atoms with Gasteiger partial charge in [-0.3, -0.25) is 4.79 Å². The van der Waals surface area contributed by atoms with Gasteiger partial charge in [0.2, 0.25) is 10.0 Å². The second-order valence-electron chi connectivity index (χ2n) is 7.46. The van der Waals surface area contributed by atoms with Gasteiger partial charge in [0.05, 0.1) is 10.5 Å². The summed E-state index contributed by atoms with van der Waals surface area (Å²) in [4.78, 5) is 26.6. The maximum atomic E-state index is 12.5. The van der Waals surface area contributed by atoms with Gasteiger partial charge in [-0.1, -0.05) is 32.0 Å². The van der Waals surface area contributed by atoms with Crippen molar-refractivity contribution in [2.45, 2.75) is 24.2 Å². The Balaban J connectivity index is 1.76. The summed E-state index contributed by atoms with van der Waals surface area (Å²) in [5, 5.41) is 5.10. The summed E-state index contributed by atoms with van der Waals surface area (Å²) in [6.45, 7) is 3.57. The van der Waals surface area contributed by atoms with Crippen molar-refractivity contribution in [3.8, 4) is 0 Å². The number of benzene rings is 2. The highest BCUT2D eigenvalue weighted by atomic mass is 79.9. The highest BCUT2D eigenvalue weighted by Crippen LogP contribution is 2.46. The van der Waals surface area contributed by atoms with Gasteiger partial charge in [0.1, 0.15) is 0 Å². The number of halogens is 1. The molecular weight excluding hydrogens is 472 g/mol. The van der Waals surface area contributed by atoms with Crippen LogP contribution in [0.25, 0.3) is 0 Å². The van der Waals surface area contributed by atoms with Crippen LogP contribution in [0, 0.1) is 0 Å². The van der Waals surface area contributed by atoms with Gasteiger partial charge in [0, 0.05) is 34.4 Å². The van der Waals surface area contributed by atoms with Crippen LogP contribution in [0.5, 0.6) is 0 Å². The van der Waals surface area contributed by atoms with Crippen molar-refractivity contribution in [3.63, 3.8) is 0 Å². The molecule has 1 aliphatic rings. The number of fused-ring (bicyclic) bond motifs is 1. The smallest absolute Gasteiger partial charge is 0.339 e. The zero-order valence-corrected chi connectivity index (χ0v) is 19.1. The summed E-state index contributed by atoms with van der Waals surface area (Å²) in [5.41, 5.74) is 2.50. The molecule has 30 heavy (non-hydrogen) atoms. The van der Waals surface area contributed by atoms with Gasteiger partial charge in [-0.25, -0.2) is 18.4 Å². The zero-order chi connectivity index (χ0) is 22.3. The number of likely N-dealkylation sites (N-methyl/N-ethyl adjacent to an activating group) is 1. The number of allylic oxidation sites excluding steroid dienone is 1. The molecule has 2 aromatic rings. The van der Waals surface area contributed by atoms with Crippen LogP contribution in [-0.2, 0) is 25.0 Å². The summed E-state index contributed by atoms with van der Waals surface area (Å²) in [6.07, 6.45) is 1.48. The first-order valence-corrected chi connectivity index (χ1v) is 11.3. The predicted octanol–water partition coefficient (Wildman–Crippen LogP) is 3.13. The topological polar surface area (TPSA) is 107 Å². The number of sulfonamides is 1. The number of ether oxygens (including phenoxy) is 1. The predicted molar refractivity (Wildman–Crippen MR) is 117 cm³/mol. The third-order valence-electron chi connectivity index (χ3n) is 5.07. The average molecular weight is 493 g/mol. The largest absolute Gasteiger partial charge is 0.454 e. The van der Waals surface area contributed by atoms with E-state index in [-0.39, 0.29) is 21.7 Å². The lowest BCUT2D eigenvalue weighted by Crippen LogP contribution is -2.25. The van der Waals surface area contributed by atoms with E-state index in [1.807, 2.05) is 50.1 Å². The Kier molecular flexibility index (Phi) is 5.90. The zero-order valence-electron chi connectivity index (χ0n) is 16.7. The number of ketones is 1. The number of para-hydroxylation sites is 1. The molecule has 1 heterocycles. The summed E-state index contributed by atoms with van der Waals surface area (Å²) in [5.74, 6) is -1.22. The molecule has 158 valence electrons. The van der Waals surface area contributed by atoms with E-state index < -0.39 is 22.6 Å². The molecule has 0 bridgehead atoms. The molecule has 0 aliphatic carbocycles. The number of primary sulfonamides is 1. The summed E-state index contributed by atoms with van der Waals surface area (Å²) < 4.78 is 28.5. The van der Waals surface area contributed by atoms with Crippen LogP contribution in [-0.4, -0.2) is 33.8 Å². The number of rotatable bonds is 5. The Labute approximate surface area is 183 Å². The Morgan fingerprint density at radius 2 is 1.87 bits per heavy atom. The van der Waals surface area contributed by atoms with Crippen molar-refractivity contribution >= 4 is 43.4 Å². The van der Waals surface area contributed by atoms with Crippen molar-refractivity contribution in [1.82, 2.24) is 0 Å². The first-order chi connectivity index (χ1) is 13.9. The quantitative estimate of drug-likeness (QED) is 0.507. The number of nitrogens with zero attached hydrogens (tertiary/aromatic N) is 1. The molecule has 0 amide bonds. The molecule has 9 heteroatoms. The first-order valence-electron chi connectivity index (χ1n) is 9.00. The lowest BCUT2D eigenvalue weighted by atomic mass is 9.83. The van der Waals surface area contributed by atoms with E-state index in [0.717, 1.165) is 23.0 Å². The van der Waals surface area contributed by atoms with Gasteiger partial charge in [-0.15, -0.1) is 0 Å². The van der Waals surface area contributed by atoms with Crippen LogP contribution in [0.4, 0.5) is 5.69 Å². The van der Waals surface area contributed by atoms with Crippen molar-refractivity contribution in [2.24, 2.45) is 5.14 Å². The fourth-order valence-corrected chi connectivity index (χ4v) is 4.45. The second kappa shape index (κ2) is 7.98. The second-order valence-corrected chi connectivity index (χ2v) is 9.88. The van der Waals surface area contributed by atoms with E-state index in [2.05, 4.69) is 15.9 Å². The molecule has 7 nitrogen and oxygen atoms in total. The number of hydrogen-bond donors (Lipinski definition) is 1. The van der Waals surface area contributed by atoms with Gasteiger partial charge in [-0.05, 0) is 45.8 Å². The number of nitrogens with two attached hydrogens (primary N) is 1. The Bertz CT molecular complexity index is 1170. The molecule has 0 saturated carbocycles. The van der Waals surface area contributed by atoms with Gasteiger partial charge in [-0.2, -0.15) is 0 Å². The minimum atomic E-state index is -3.98. The number of esters is 1. The van der Waals surface area contributed by atoms with Crippen LogP contribution in [0.3, 0.4) is 0 Å². The molecule has 0 atom stereocenters. The van der Waals surface area contributed by atoms with E-state index in [1.165, 1.54) is 18.2 Å². The SMILES string of the molecule is CN1/C(=C\C(=O)COC(=O)c2cc(S(N)(=O)=O)ccc2Br)C(C)(C)c2ccccc21. The van der Waals surface area contributed by atoms with Crippen LogP contribution in [0.1, 0.15) is 29.8 Å². The highest BCUT2D eigenvalue weighted by Gasteiger charge is 2.38. The third-order valence-corrected chi connectivity index (χ3v) is 6.67. The number of hydrogen-bond acceptors (Lipinski definition) is 6. The summed E-state index contributed by atoms with van der Waals surface area (Å²) in [6, 6.07) is 11.6. The van der Waals surface area contributed by atoms with E-state index in [1.54, 1.807) is 0 Å². The fourth-order valence-electron chi connectivity index (χ4n) is 3.51. The van der Waals surface area contributed by atoms with Crippen molar-refractivity contribution in [2.75, 3.05) is 18.6 Å². The minimum absolute atomic E-state index is 0.0345. The van der Waals surface area contributed by atoms with Crippen molar-refractivity contribution < 1.29 is 22.7 Å². The Hall–Kier alpha value is -2.49. The van der Waals surface area contributed by atoms with Crippen LogP contribution in [0.2, 0.25) is 0 Å². The first kappa shape index (κ1) is 22.2. The lowest BCUT2D eigenvalue weighted by molar-refractivity contribution is -0.117. The molecule has 0 spiro atoms. The highest BCUT2D eigenvalue weighted by molar-refractivity contribution is 9.10. The summed E-state index contributed by atoms with van der Waals surface area (Å²) in [7, 11) is -2.09. The van der Waals surface area contributed by atoms with Gasteiger partial charge in [0.25, 0.3) is 0 Å². The fraction of sp³-hybridized carbons (Fsp3) is 0.238. The number of carbonyl (C=O) groups excluding carboxylic acids is 2. The van der Waals surface area contributed by atoms with Gasteiger partial charge >= 0.3 is 5.97 Å². The lowest BCUT2D eigenvalue weighted by Gasteiger charge is -2.23. The maximum absolute atomic E-state index is 12.5. The van der Waals surface area contributed by atoms with E-state index in [4.69, 9.17) is 9.88 Å². The molecule has 1 aliphatic heterocycles. The standard InChI is InChI=1S/C21H21BrN2O5S/c1-21(2)16-6-4-5-7-18(16)24(3)19(21)10-13(25)12-29-20(26)15-11-14(30(23,27)28)8-9-17(15)22/h4-11H,12H2,1-3H3,(H2,23,27,28)/b19-10-. The van der Waals surface area contributed by atoms with E-state index >= 15 is 0 Å². The van der Waals surface area contributed by atoms with Crippen LogP contribution >= 0.6 is 15.9 Å². The normalized spacial score (nSPS) is 16.4. The number of carbonyl (C=O) groups is 2. The Morgan fingerprint density at radius 3 is 2.50 bits per heavy atom. The molecule has 0 saturated heterocycles. The van der Waals surface area contributed by atoms with Crippen molar-refractivity contribution in [3.05, 3.63) is 69.8 Å². The molecule has 3 rings (SSSR count). The molecule has 0 unspecified atom stereocenters. The van der Waals surface area contributed by atoms with E-state index in [9.17, 15) is 18.0 Å². The molecule has 0 aromatic heterocycles. The average Bonchev–Trinajstić information content (AvgIpc) is 2.86. The van der Waals surface area contributed by atoms with Gasteiger partial charge < -0.3 is 9.64 Å². The van der Waals surface area contributed by atoms with Crippen molar-refractivity contribution in [1.29, 1.82) is 0 Å². The third kappa shape index (κ3) is 4.19. The Morgan fingerprint density at radius 1 is 1.20 bits per heavy atom. The van der Waals surface area contributed by atoms with Gasteiger partial charge in [0.15, 0.2) is 12.4 Å².